The average Bonchev–Trinajstić information content (AvgIpc) is 3.29. The number of carbonyl (C=O) groups is 2. The van der Waals surface area contributed by atoms with E-state index in [-0.39, 0.29) is 5.92 Å². The lowest BCUT2D eigenvalue weighted by atomic mass is 9.95. The first-order valence-corrected chi connectivity index (χ1v) is 9.47. The van der Waals surface area contributed by atoms with Crippen LogP contribution in [0.1, 0.15) is 24.5 Å². The fourth-order valence-corrected chi connectivity index (χ4v) is 3.40. The lowest BCUT2D eigenvalue weighted by Crippen LogP contribution is -2.44. The Morgan fingerprint density at radius 1 is 1.14 bits per heavy atom. The van der Waals surface area contributed by atoms with Crippen LogP contribution in [0.15, 0.2) is 60.9 Å². The Morgan fingerprint density at radius 2 is 2.07 bits per heavy atom. The first-order chi connectivity index (χ1) is 14.2. The van der Waals surface area contributed by atoms with Crippen LogP contribution in [-0.4, -0.2) is 45.0 Å². The van der Waals surface area contributed by atoms with Crippen molar-refractivity contribution in [3.8, 4) is 11.6 Å². The van der Waals surface area contributed by atoms with Gasteiger partial charge in [-0.2, -0.15) is 5.10 Å². The summed E-state index contributed by atoms with van der Waals surface area (Å²) in [5, 5.41) is 9.59. The van der Waals surface area contributed by atoms with E-state index in [2.05, 4.69) is 20.5 Å². The third kappa shape index (κ3) is 4.60. The molecule has 1 atom stereocenters. The molecule has 0 aliphatic carbocycles. The van der Waals surface area contributed by atoms with Crippen LogP contribution in [0.4, 0.5) is 5.69 Å². The number of aromatic nitrogens is 3. The van der Waals surface area contributed by atoms with E-state index in [1.807, 2.05) is 12.1 Å². The molecule has 1 aromatic carbocycles. The molecule has 2 aromatic heterocycles. The maximum absolute atomic E-state index is 12.6. The molecule has 148 valence electrons. The maximum Gasteiger partial charge on any atom is 0.313 e. The molecule has 8 heteroatoms. The van der Waals surface area contributed by atoms with Crippen LogP contribution in [0, 0.1) is 0 Å². The van der Waals surface area contributed by atoms with Crippen LogP contribution in [0.5, 0.6) is 11.6 Å². The van der Waals surface area contributed by atoms with Gasteiger partial charge in [-0.25, -0.2) is 4.98 Å². The number of ether oxygens (including phenoxy) is 1. The number of carbonyl (C=O) groups excluding carboxylic acids is 2. The number of H-pyrrole nitrogens is 1. The highest BCUT2D eigenvalue weighted by Gasteiger charge is 2.29. The number of nitrogens with one attached hydrogen (secondary N) is 2. The molecule has 1 aliphatic rings. The van der Waals surface area contributed by atoms with Crippen molar-refractivity contribution in [1.82, 2.24) is 20.1 Å². The number of hydrogen-bond donors (Lipinski definition) is 2. The fraction of sp³-hybridized carbons (Fsp3) is 0.238. The molecule has 4 rings (SSSR count). The van der Waals surface area contributed by atoms with Gasteiger partial charge in [-0.3, -0.25) is 14.7 Å². The second kappa shape index (κ2) is 8.55. The van der Waals surface area contributed by atoms with Gasteiger partial charge < -0.3 is 15.0 Å². The van der Waals surface area contributed by atoms with Crippen LogP contribution in [0.25, 0.3) is 0 Å². The summed E-state index contributed by atoms with van der Waals surface area (Å²) in [5.41, 5.74) is 1.47. The van der Waals surface area contributed by atoms with Crippen LogP contribution in [0.2, 0.25) is 0 Å². The number of rotatable bonds is 4. The minimum absolute atomic E-state index is 0.165. The molecule has 0 bridgehead atoms. The first-order valence-electron chi connectivity index (χ1n) is 9.47. The Bertz CT molecular complexity index is 975. The number of amides is 2. The van der Waals surface area contributed by atoms with Crippen LogP contribution in [0.3, 0.4) is 0 Å². The van der Waals surface area contributed by atoms with Gasteiger partial charge in [-0.05, 0) is 37.1 Å². The standard InChI is InChI=1S/C21H21N5O3/c27-20(21(28)26-12-4-5-15(14-26)18-9-11-23-25-18)24-16-6-3-7-17(13-16)29-19-8-1-2-10-22-19/h1-3,6-11,13,15H,4-5,12,14H2,(H,23,25)(H,24,27). The molecule has 8 nitrogen and oxygen atoms in total. The summed E-state index contributed by atoms with van der Waals surface area (Å²) in [7, 11) is 0. The Kier molecular flexibility index (Phi) is 5.51. The van der Waals surface area contributed by atoms with Crippen LogP contribution >= 0.6 is 0 Å². The molecule has 1 fully saturated rings. The van der Waals surface area contributed by atoms with Gasteiger partial charge in [0.1, 0.15) is 5.75 Å². The lowest BCUT2D eigenvalue weighted by molar-refractivity contribution is -0.144. The second-order valence-corrected chi connectivity index (χ2v) is 6.85. The van der Waals surface area contributed by atoms with Gasteiger partial charge in [0, 0.05) is 54.9 Å². The van der Waals surface area contributed by atoms with Crippen molar-refractivity contribution in [2.75, 3.05) is 18.4 Å². The van der Waals surface area contributed by atoms with E-state index in [1.54, 1.807) is 53.7 Å². The summed E-state index contributed by atoms with van der Waals surface area (Å²) in [6.07, 6.45) is 5.13. The predicted octanol–water partition coefficient (Wildman–Crippen LogP) is 2.94. The average molecular weight is 391 g/mol. The minimum atomic E-state index is -0.662. The molecule has 1 aliphatic heterocycles. The maximum atomic E-state index is 12.6. The minimum Gasteiger partial charge on any atom is -0.439 e. The monoisotopic (exact) mass is 391 g/mol. The summed E-state index contributed by atoms with van der Waals surface area (Å²) >= 11 is 0. The zero-order valence-corrected chi connectivity index (χ0v) is 15.7. The van der Waals surface area contributed by atoms with Crippen LogP contribution in [-0.2, 0) is 9.59 Å². The number of aromatic amines is 1. The zero-order valence-electron chi connectivity index (χ0n) is 15.7. The normalized spacial score (nSPS) is 16.3. The molecular weight excluding hydrogens is 370 g/mol. The van der Waals surface area contributed by atoms with Crippen LogP contribution < -0.4 is 10.1 Å². The first kappa shape index (κ1) is 18.7. The van der Waals surface area contributed by atoms with Gasteiger partial charge in [0.25, 0.3) is 0 Å². The Balaban J connectivity index is 1.38. The Labute approximate surface area is 167 Å². The van der Waals surface area contributed by atoms with E-state index >= 15 is 0 Å². The number of benzene rings is 1. The summed E-state index contributed by atoms with van der Waals surface area (Å²) in [6.45, 7) is 1.07. The molecule has 0 spiro atoms. The summed E-state index contributed by atoms with van der Waals surface area (Å²) in [5.74, 6) is -0.0648. The van der Waals surface area contributed by atoms with Crippen molar-refractivity contribution < 1.29 is 14.3 Å². The quantitative estimate of drug-likeness (QED) is 0.666. The van der Waals surface area contributed by atoms with Gasteiger partial charge in [-0.1, -0.05) is 12.1 Å². The molecule has 2 amide bonds. The molecule has 0 saturated carbocycles. The number of pyridine rings is 1. The van der Waals surface area contributed by atoms with Gasteiger partial charge in [0.2, 0.25) is 5.88 Å². The number of piperidine rings is 1. The topological polar surface area (TPSA) is 100 Å². The Morgan fingerprint density at radius 3 is 2.86 bits per heavy atom. The predicted molar refractivity (Wildman–Crippen MR) is 107 cm³/mol. The molecule has 3 aromatic rings. The summed E-state index contributed by atoms with van der Waals surface area (Å²) in [4.78, 5) is 30.8. The van der Waals surface area contributed by atoms with Crippen molar-refractivity contribution in [1.29, 1.82) is 0 Å². The van der Waals surface area contributed by atoms with E-state index in [0.717, 1.165) is 18.5 Å². The molecule has 0 radical (unpaired) electrons. The van der Waals surface area contributed by atoms with E-state index in [4.69, 9.17) is 4.74 Å². The third-order valence-electron chi connectivity index (χ3n) is 4.82. The number of likely N-dealkylation sites (tertiary alicyclic amines) is 1. The second-order valence-electron chi connectivity index (χ2n) is 6.85. The molecule has 29 heavy (non-hydrogen) atoms. The third-order valence-corrected chi connectivity index (χ3v) is 4.82. The molecule has 2 N–H and O–H groups in total. The highest BCUT2D eigenvalue weighted by Crippen LogP contribution is 2.26. The number of hydrogen-bond acceptors (Lipinski definition) is 5. The van der Waals surface area contributed by atoms with Gasteiger partial charge in [0.05, 0.1) is 0 Å². The van der Waals surface area contributed by atoms with Crippen molar-refractivity contribution in [2.45, 2.75) is 18.8 Å². The molecule has 1 saturated heterocycles. The van der Waals surface area contributed by atoms with Crippen molar-refractivity contribution in [3.63, 3.8) is 0 Å². The van der Waals surface area contributed by atoms with Gasteiger partial charge >= 0.3 is 11.8 Å². The zero-order chi connectivity index (χ0) is 20.1. The van der Waals surface area contributed by atoms with Gasteiger partial charge in [-0.15, -0.1) is 0 Å². The molecular formula is C21H21N5O3. The van der Waals surface area contributed by atoms with Crippen molar-refractivity contribution in [2.24, 2.45) is 0 Å². The van der Waals surface area contributed by atoms with Gasteiger partial charge in [0.15, 0.2) is 0 Å². The Hall–Kier alpha value is -3.68. The van der Waals surface area contributed by atoms with Crippen molar-refractivity contribution in [3.05, 3.63) is 66.6 Å². The summed E-state index contributed by atoms with van der Waals surface area (Å²) in [6, 6.07) is 14.1. The van der Waals surface area contributed by atoms with E-state index < -0.39 is 11.8 Å². The molecule has 3 heterocycles. The van der Waals surface area contributed by atoms with E-state index in [0.29, 0.717) is 30.4 Å². The smallest absolute Gasteiger partial charge is 0.313 e. The van der Waals surface area contributed by atoms with E-state index in [9.17, 15) is 9.59 Å². The number of anilines is 1. The highest BCUT2D eigenvalue weighted by atomic mass is 16.5. The number of nitrogens with zero attached hydrogens (tertiary/aromatic N) is 3. The molecule has 1 unspecified atom stereocenters. The summed E-state index contributed by atoms with van der Waals surface area (Å²) < 4.78 is 5.67. The lowest BCUT2D eigenvalue weighted by Gasteiger charge is -2.31. The van der Waals surface area contributed by atoms with E-state index in [1.165, 1.54) is 0 Å². The SMILES string of the molecule is O=C(Nc1cccc(Oc2ccccn2)c1)C(=O)N1CCCC(c2ccn[nH]2)C1. The largest absolute Gasteiger partial charge is 0.439 e. The van der Waals surface area contributed by atoms with Crippen molar-refractivity contribution >= 4 is 17.5 Å². The highest BCUT2D eigenvalue weighted by molar-refractivity contribution is 6.39. The fourth-order valence-electron chi connectivity index (χ4n) is 3.40.